The second-order valence-corrected chi connectivity index (χ2v) is 9.28. The molecule has 0 unspecified atom stereocenters. The van der Waals surface area contributed by atoms with E-state index >= 15 is 0 Å². The first-order valence-electron chi connectivity index (χ1n) is 9.73. The predicted octanol–water partition coefficient (Wildman–Crippen LogP) is 3.78. The van der Waals surface area contributed by atoms with Crippen molar-refractivity contribution in [3.63, 3.8) is 0 Å². The van der Waals surface area contributed by atoms with Crippen molar-refractivity contribution in [1.82, 2.24) is 14.2 Å². The van der Waals surface area contributed by atoms with Crippen molar-refractivity contribution in [1.29, 1.82) is 0 Å². The Labute approximate surface area is 182 Å². The summed E-state index contributed by atoms with van der Waals surface area (Å²) in [6.07, 6.45) is -3.21. The summed E-state index contributed by atoms with van der Waals surface area (Å²) in [6, 6.07) is 10.5. The molecule has 0 aliphatic carbocycles. The van der Waals surface area contributed by atoms with Crippen molar-refractivity contribution < 1.29 is 30.7 Å². The summed E-state index contributed by atoms with van der Waals surface area (Å²) in [5.41, 5.74) is 1.42. The minimum atomic E-state index is -4.85. The zero-order chi connectivity index (χ0) is 22.9. The number of nitrogens with zero attached hydrogens (tertiary/aromatic N) is 3. The summed E-state index contributed by atoms with van der Waals surface area (Å²) in [5, 5.41) is 0.696. The highest BCUT2D eigenvalue weighted by molar-refractivity contribution is 7.89. The molecule has 3 aromatic rings. The van der Waals surface area contributed by atoms with Crippen molar-refractivity contribution in [2.24, 2.45) is 0 Å². The number of pyridine rings is 1. The van der Waals surface area contributed by atoms with Gasteiger partial charge in [-0.15, -0.1) is 13.2 Å². The number of hydrogen-bond acceptors (Lipinski definition) is 5. The molecule has 4 rings (SSSR count). The maximum atomic E-state index is 14.0. The first-order valence-corrected chi connectivity index (χ1v) is 11.2. The smallest absolute Gasteiger partial charge is 0.406 e. The Kier molecular flexibility index (Phi) is 6.06. The zero-order valence-corrected chi connectivity index (χ0v) is 17.5. The molecule has 6 nitrogen and oxygen atoms in total. The molecule has 0 N–H and O–H groups in total. The lowest BCUT2D eigenvalue weighted by atomic mass is 10.1. The number of benzene rings is 2. The first-order chi connectivity index (χ1) is 15.1. The molecule has 0 saturated carbocycles. The summed E-state index contributed by atoms with van der Waals surface area (Å²) in [7, 11) is -3.86. The van der Waals surface area contributed by atoms with Crippen LogP contribution in [0.4, 0.5) is 17.6 Å². The summed E-state index contributed by atoms with van der Waals surface area (Å²) in [5.74, 6) is -0.850. The van der Waals surface area contributed by atoms with Crippen LogP contribution in [0.3, 0.4) is 0 Å². The van der Waals surface area contributed by atoms with E-state index in [0.717, 1.165) is 29.8 Å². The third kappa shape index (κ3) is 5.00. The molecule has 2 heterocycles. The fourth-order valence-electron chi connectivity index (χ4n) is 3.68. The lowest BCUT2D eigenvalue weighted by molar-refractivity contribution is -0.274. The van der Waals surface area contributed by atoms with E-state index in [1.807, 2.05) is 4.90 Å². The molecule has 32 heavy (non-hydrogen) atoms. The van der Waals surface area contributed by atoms with Gasteiger partial charge in [0.2, 0.25) is 10.0 Å². The van der Waals surface area contributed by atoms with Gasteiger partial charge in [-0.2, -0.15) is 4.31 Å². The van der Waals surface area contributed by atoms with Gasteiger partial charge in [0.25, 0.3) is 0 Å². The van der Waals surface area contributed by atoms with Gasteiger partial charge >= 0.3 is 6.36 Å². The van der Waals surface area contributed by atoms with Crippen LogP contribution in [0.5, 0.6) is 5.75 Å². The maximum absolute atomic E-state index is 14.0. The number of fused-ring (bicyclic) bond motifs is 1. The van der Waals surface area contributed by atoms with E-state index in [4.69, 9.17) is 0 Å². The number of piperazine rings is 1. The molecule has 1 aliphatic heterocycles. The van der Waals surface area contributed by atoms with Gasteiger partial charge in [0.1, 0.15) is 11.6 Å². The summed E-state index contributed by atoms with van der Waals surface area (Å²) in [6.45, 7) is 1.65. The molecule has 0 atom stereocenters. The average Bonchev–Trinajstić information content (AvgIpc) is 2.73. The highest BCUT2D eigenvalue weighted by Gasteiger charge is 2.32. The summed E-state index contributed by atoms with van der Waals surface area (Å²) in [4.78, 5) is 6.23. The summed E-state index contributed by atoms with van der Waals surface area (Å²) >= 11 is 0. The van der Waals surface area contributed by atoms with Crippen LogP contribution in [0.2, 0.25) is 0 Å². The lowest BCUT2D eigenvalue weighted by Crippen LogP contribution is -2.48. The summed E-state index contributed by atoms with van der Waals surface area (Å²) < 4.78 is 81.6. The molecule has 0 amide bonds. The molecule has 1 aliphatic rings. The molecule has 1 fully saturated rings. The van der Waals surface area contributed by atoms with Gasteiger partial charge in [0.15, 0.2) is 0 Å². The van der Waals surface area contributed by atoms with Gasteiger partial charge in [0.05, 0.1) is 10.4 Å². The van der Waals surface area contributed by atoms with Gasteiger partial charge in [0, 0.05) is 44.3 Å². The molecule has 0 spiro atoms. The second-order valence-electron chi connectivity index (χ2n) is 7.34. The van der Waals surface area contributed by atoms with Crippen LogP contribution in [0.1, 0.15) is 5.56 Å². The lowest BCUT2D eigenvalue weighted by Gasteiger charge is -2.34. The first kappa shape index (κ1) is 22.4. The van der Waals surface area contributed by atoms with E-state index in [1.165, 1.54) is 16.4 Å². The van der Waals surface area contributed by atoms with Gasteiger partial charge < -0.3 is 4.74 Å². The van der Waals surface area contributed by atoms with Crippen LogP contribution >= 0.6 is 0 Å². The quantitative estimate of drug-likeness (QED) is 0.533. The number of alkyl halides is 3. The SMILES string of the molecule is O=S(=O)(c1ccc(OC(F)(F)F)cc1)N1CCN(Cc2cc(F)cc3cccnc23)CC1. The van der Waals surface area contributed by atoms with E-state index in [9.17, 15) is 26.0 Å². The Hall–Kier alpha value is -2.76. The number of aromatic nitrogens is 1. The fourth-order valence-corrected chi connectivity index (χ4v) is 5.10. The van der Waals surface area contributed by atoms with Crippen LogP contribution in [0.25, 0.3) is 10.9 Å². The van der Waals surface area contributed by atoms with Gasteiger partial charge in [-0.1, -0.05) is 6.07 Å². The number of sulfonamides is 1. The van der Waals surface area contributed by atoms with E-state index in [0.29, 0.717) is 30.5 Å². The average molecular weight is 469 g/mol. The van der Waals surface area contributed by atoms with E-state index in [2.05, 4.69) is 9.72 Å². The Balaban J connectivity index is 1.42. The predicted molar refractivity (Wildman–Crippen MR) is 109 cm³/mol. The normalized spacial score (nSPS) is 16.4. The van der Waals surface area contributed by atoms with Gasteiger partial charge in [-0.25, -0.2) is 12.8 Å². The molecular weight excluding hydrogens is 450 g/mol. The van der Waals surface area contributed by atoms with E-state index in [-0.39, 0.29) is 23.8 Å². The van der Waals surface area contributed by atoms with Crippen LogP contribution in [-0.4, -0.2) is 55.1 Å². The number of halogens is 4. The third-order valence-electron chi connectivity index (χ3n) is 5.17. The second kappa shape index (κ2) is 8.64. The maximum Gasteiger partial charge on any atom is 0.573 e. The number of hydrogen-bond donors (Lipinski definition) is 0. The van der Waals surface area contributed by atoms with Crippen LogP contribution in [-0.2, 0) is 16.6 Å². The molecule has 11 heteroatoms. The molecule has 0 radical (unpaired) electrons. The fraction of sp³-hybridized carbons (Fsp3) is 0.286. The molecule has 1 aromatic heterocycles. The molecule has 1 saturated heterocycles. The van der Waals surface area contributed by atoms with Crippen molar-refractivity contribution in [2.75, 3.05) is 26.2 Å². The van der Waals surface area contributed by atoms with Crippen molar-refractivity contribution in [3.05, 3.63) is 66.1 Å². The number of ether oxygens (including phenoxy) is 1. The molecule has 2 aromatic carbocycles. The minimum absolute atomic E-state index is 0.110. The Bertz CT molecular complexity index is 1210. The Morgan fingerprint density at radius 1 is 1.00 bits per heavy atom. The largest absolute Gasteiger partial charge is 0.573 e. The highest BCUT2D eigenvalue weighted by Crippen LogP contribution is 2.26. The van der Waals surface area contributed by atoms with Gasteiger partial charge in [-0.05, 0) is 48.0 Å². The van der Waals surface area contributed by atoms with Gasteiger partial charge in [-0.3, -0.25) is 9.88 Å². The standard InChI is InChI=1S/C21H19F4N3O3S/c22-17-12-15-2-1-7-26-20(15)16(13-17)14-27-8-10-28(11-9-27)32(29,30)19-5-3-18(4-6-19)31-21(23,24)25/h1-7,12-13H,8-11,14H2. The van der Waals surface area contributed by atoms with Crippen LogP contribution in [0.15, 0.2) is 59.6 Å². The van der Waals surface area contributed by atoms with E-state index < -0.39 is 22.1 Å². The zero-order valence-electron chi connectivity index (χ0n) is 16.7. The molecular formula is C21H19F4N3O3S. The Morgan fingerprint density at radius 2 is 1.69 bits per heavy atom. The van der Waals surface area contributed by atoms with Crippen LogP contribution in [0, 0.1) is 5.82 Å². The monoisotopic (exact) mass is 469 g/mol. The van der Waals surface area contributed by atoms with Crippen molar-refractivity contribution in [2.45, 2.75) is 17.8 Å². The number of rotatable bonds is 5. The van der Waals surface area contributed by atoms with Crippen molar-refractivity contribution >= 4 is 20.9 Å². The highest BCUT2D eigenvalue weighted by atomic mass is 32.2. The van der Waals surface area contributed by atoms with Crippen molar-refractivity contribution in [3.8, 4) is 5.75 Å². The molecule has 0 bridgehead atoms. The topological polar surface area (TPSA) is 62.7 Å². The van der Waals surface area contributed by atoms with Crippen LogP contribution < -0.4 is 4.74 Å². The van der Waals surface area contributed by atoms with E-state index in [1.54, 1.807) is 18.3 Å². The minimum Gasteiger partial charge on any atom is -0.406 e. The molecule has 170 valence electrons. The Morgan fingerprint density at radius 3 is 2.34 bits per heavy atom. The third-order valence-corrected chi connectivity index (χ3v) is 7.08.